The summed E-state index contributed by atoms with van der Waals surface area (Å²) in [5.74, 6) is 1.88. The lowest BCUT2D eigenvalue weighted by atomic mass is 10.0. The van der Waals surface area contributed by atoms with Gasteiger partial charge in [-0.1, -0.05) is 18.9 Å². The highest BCUT2D eigenvalue weighted by molar-refractivity contribution is 5.62. The Hall–Kier alpha value is -1.44. The van der Waals surface area contributed by atoms with Crippen LogP contribution in [-0.4, -0.2) is 11.7 Å². The molecule has 1 aliphatic carbocycles. The lowest BCUT2D eigenvalue weighted by molar-refractivity contribution is 0.155. The van der Waals surface area contributed by atoms with Crippen molar-refractivity contribution in [3.8, 4) is 11.5 Å². The molecule has 0 atom stereocenters. The van der Waals surface area contributed by atoms with Crippen LogP contribution in [0.1, 0.15) is 57.9 Å². The molecule has 0 saturated heterocycles. The van der Waals surface area contributed by atoms with E-state index in [9.17, 15) is 0 Å². The molecule has 2 aliphatic rings. The lowest BCUT2D eigenvalue weighted by Gasteiger charge is -2.28. The summed E-state index contributed by atoms with van der Waals surface area (Å²) in [6, 6.07) is 6.20. The Kier molecular flexibility index (Phi) is 3.73. The molecular weight excluding hydrogens is 248 g/mol. The third-order valence-electron chi connectivity index (χ3n) is 4.13. The van der Waals surface area contributed by atoms with Gasteiger partial charge in [0.1, 0.15) is 17.1 Å². The molecule has 1 aromatic carbocycles. The molecule has 20 heavy (non-hydrogen) atoms. The maximum absolute atomic E-state index is 6.17. The first-order valence-electron chi connectivity index (χ1n) is 7.81. The summed E-state index contributed by atoms with van der Waals surface area (Å²) < 4.78 is 12.2. The van der Waals surface area contributed by atoms with E-state index < -0.39 is 0 Å². The molecule has 2 nitrogen and oxygen atoms in total. The van der Waals surface area contributed by atoms with Gasteiger partial charge in [0.25, 0.3) is 0 Å². The Balaban J connectivity index is 1.74. The van der Waals surface area contributed by atoms with Crippen LogP contribution in [0.15, 0.2) is 24.3 Å². The van der Waals surface area contributed by atoms with E-state index in [1.54, 1.807) is 0 Å². The van der Waals surface area contributed by atoms with Crippen LogP contribution in [0, 0.1) is 0 Å². The van der Waals surface area contributed by atoms with Crippen LogP contribution in [0.5, 0.6) is 11.5 Å². The molecule has 0 N–H and O–H groups in total. The number of hydrogen-bond donors (Lipinski definition) is 0. The van der Waals surface area contributed by atoms with Crippen molar-refractivity contribution in [2.45, 2.75) is 64.1 Å². The summed E-state index contributed by atoms with van der Waals surface area (Å²) in [5.41, 5.74) is 0.908. The van der Waals surface area contributed by atoms with E-state index >= 15 is 0 Å². The van der Waals surface area contributed by atoms with Gasteiger partial charge in [0, 0.05) is 11.6 Å². The van der Waals surface area contributed by atoms with Crippen LogP contribution in [0.25, 0.3) is 6.08 Å². The largest absolute Gasteiger partial charge is 0.490 e. The van der Waals surface area contributed by atoms with E-state index in [0.717, 1.165) is 17.1 Å². The molecular formula is C18H24O2. The normalized spacial score (nSPS) is 21.7. The maximum Gasteiger partial charge on any atom is 0.131 e. The SMILES string of the molecule is CC1(C)C=Cc2ccc(OC3CCCCCC3)cc2O1. The minimum absolute atomic E-state index is 0.228. The molecule has 2 heteroatoms. The van der Waals surface area contributed by atoms with E-state index in [1.165, 1.54) is 38.5 Å². The van der Waals surface area contributed by atoms with Crippen LogP contribution in [-0.2, 0) is 0 Å². The van der Waals surface area contributed by atoms with E-state index in [-0.39, 0.29) is 5.60 Å². The number of benzene rings is 1. The molecule has 0 bridgehead atoms. The Morgan fingerprint density at radius 2 is 1.85 bits per heavy atom. The van der Waals surface area contributed by atoms with Crippen molar-refractivity contribution in [2.75, 3.05) is 0 Å². The van der Waals surface area contributed by atoms with E-state index in [4.69, 9.17) is 9.47 Å². The summed E-state index contributed by atoms with van der Waals surface area (Å²) >= 11 is 0. The number of fused-ring (bicyclic) bond motifs is 1. The van der Waals surface area contributed by atoms with Crippen LogP contribution < -0.4 is 9.47 Å². The molecule has 0 spiro atoms. The van der Waals surface area contributed by atoms with Crippen LogP contribution in [0.3, 0.4) is 0 Å². The van der Waals surface area contributed by atoms with E-state index in [2.05, 4.69) is 38.1 Å². The van der Waals surface area contributed by atoms with Gasteiger partial charge in [-0.3, -0.25) is 0 Å². The zero-order valence-electron chi connectivity index (χ0n) is 12.5. The van der Waals surface area contributed by atoms with Crippen LogP contribution >= 0.6 is 0 Å². The van der Waals surface area contributed by atoms with Crippen molar-refractivity contribution in [3.05, 3.63) is 29.8 Å². The molecule has 1 aromatic rings. The lowest BCUT2D eigenvalue weighted by Crippen LogP contribution is -2.27. The van der Waals surface area contributed by atoms with E-state index in [1.807, 2.05) is 6.07 Å². The zero-order valence-corrected chi connectivity index (χ0v) is 12.5. The quantitative estimate of drug-likeness (QED) is 0.707. The molecule has 1 fully saturated rings. The fourth-order valence-corrected chi connectivity index (χ4v) is 2.97. The van der Waals surface area contributed by atoms with Crippen molar-refractivity contribution in [2.24, 2.45) is 0 Å². The topological polar surface area (TPSA) is 18.5 Å². The van der Waals surface area contributed by atoms with Gasteiger partial charge < -0.3 is 9.47 Å². The summed E-state index contributed by atoms with van der Waals surface area (Å²) in [6.07, 6.45) is 12.3. The fraction of sp³-hybridized carbons (Fsp3) is 0.556. The average molecular weight is 272 g/mol. The third-order valence-corrected chi connectivity index (χ3v) is 4.13. The molecule has 1 aliphatic heterocycles. The molecule has 1 saturated carbocycles. The molecule has 3 rings (SSSR count). The predicted molar refractivity (Wildman–Crippen MR) is 82.3 cm³/mol. The van der Waals surface area contributed by atoms with Crippen molar-refractivity contribution < 1.29 is 9.47 Å². The van der Waals surface area contributed by atoms with Crippen molar-refractivity contribution in [3.63, 3.8) is 0 Å². The van der Waals surface area contributed by atoms with Gasteiger partial charge in [0.05, 0.1) is 6.10 Å². The number of hydrogen-bond acceptors (Lipinski definition) is 2. The summed E-state index contributed by atoms with van der Waals surface area (Å²) in [6.45, 7) is 4.15. The highest BCUT2D eigenvalue weighted by Crippen LogP contribution is 2.34. The van der Waals surface area contributed by atoms with Gasteiger partial charge in [-0.15, -0.1) is 0 Å². The first kappa shape index (κ1) is 13.5. The Labute approximate surface area is 121 Å². The second-order valence-corrected chi connectivity index (χ2v) is 6.47. The molecule has 1 heterocycles. The van der Waals surface area contributed by atoms with Gasteiger partial charge in [-0.2, -0.15) is 0 Å². The van der Waals surface area contributed by atoms with Gasteiger partial charge >= 0.3 is 0 Å². The molecule has 0 aromatic heterocycles. The Bertz CT molecular complexity index is 494. The summed E-state index contributed by atoms with van der Waals surface area (Å²) in [4.78, 5) is 0. The number of rotatable bonds is 2. The van der Waals surface area contributed by atoms with Gasteiger partial charge in [-0.25, -0.2) is 0 Å². The first-order chi connectivity index (χ1) is 9.62. The summed E-state index contributed by atoms with van der Waals surface area (Å²) in [5, 5.41) is 0. The Morgan fingerprint density at radius 3 is 2.60 bits per heavy atom. The van der Waals surface area contributed by atoms with Crippen molar-refractivity contribution in [1.82, 2.24) is 0 Å². The van der Waals surface area contributed by atoms with Gasteiger partial charge in [-0.05, 0) is 57.7 Å². The van der Waals surface area contributed by atoms with Crippen molar-refractivity contribution >= 4 is 6.08 Å². The van der Waals surface area contributed by atoms with Crippen molar-refractivity contribution in [1.29, 1.82) is 0 Å². The standard InChI is InChI=1S/C18H24O2/c1-18(2)12-11-14-9-10-16(13-17(14)20-18)19-15-7-5-3-4-6-8-15/h9-13,15H,3-8H2,1-2H3. The highest BCUT2D eigenvalue weighted by atomic mass is 16.5. The van der Waals surface area contributed by atoms with Crippen LogP contribution in [0.4, 0.5) is 0 Å². The monoisotopic (exact) mass is 272 g/mol. The van der Waals surface area contributed by atoms with E-state index in [0.29, 0.717) is 6.10 Å². The molecule has 0 unspecified atom stereocenters. The molecule has 108 valence electrons. The zero-order chi connectivity index (χ0) is 14.0. The van der Waals surface area contributed by atoms with Gasteiger partial charge in [0.15, 0.2) is 0 Å². The smallest absolute Gasteiger partial charge is 0.131 e. The summed E-state index contributed by atoms with van der Waals surface area (Å²) in [7, 11) is 0. The maximum atomic E-state index is 6.17. The van der Waals surface area contributed by atoms with Gasteiger partial charge in [0.2, 0.25) is 0 Å². The average Bonchev–Trinajstić information content (AvgIpc) is 2.66. The molecule has 0 radical (unpaired) electrons. The minimum atomic E-state index is -0.228. The third kappa shape index (κ3) is 3.17. The highest BCUT2D eigenvalue weighted by Gasteiger charge is 2.22. The fourth-order valence-electron chi connectivity index (χ4n) is 2.97. The molecule has 0 amide bonds. The Morgan fingerprint density at radius 1 is 1.10 bits per heavy atom. The second-order valence-electron chi connectivity index (χ2n) is 6.47. The second kappa shape index (κ2) is 5.51. The van der Waals surface area contributed by atoms with Crippen LogP contribution in [0.2, 0.25) is 0 Å². The predicted octanol–water partition coefficient (Wildman–Crippen LogP) is 4.97. The minimum Gasteiger partial charge on any atom is -0.490 e. The first-order valence-corrected chi connectivity index (χ1v) is 7.81. The number of ether oxygens (including phenoxy) is 2.